The fourth-order valence-electron chi connectivity index (χ4n) is 2.19. The van der Waals surface area contributed by atoms with Crippen LogP contribution in [0.3, 0.4) is 0 Å². The fraction of sp³-hybridized carbons (Fsp3) is 0.909. The first-order chi connectivity index (χ1) is 6.10. The highest BCUT2D eigenvalue weighted by Gasteiger charge is 2.40. The lowest BCUT2D eigenvalue weighted by Crippen LogP contribution is -2.38. The van der Waals surface area contributed by atoms with Crippen molar-refractivity contribution in [3.8, 4) is 0 Å². The average Bonchev–Trinajstić information content (AvgIpc) is 2.51. The van der Waals surface area contributed by atoms with E-state index in [9.17, 15) is 4.79 Å². The highest BCUT2D eigenvalue weighted by atomic mass is 16.5. The Morgan fingerprint density at radius 3 is 2.54 bits per heavy atom. The van der Waals surface area contributed by atoms with Crippen LogP contribution in [0.25, 0.3) is 0 Å². The molecule has 2 heteroatoms. The van der Waals surface area contributed by atoms with Crippen molar-refractivity contribution in [1.82, 2.24) is 0 Å². The minimum absolute atomic E-state index is 0.354. The Kier molecular flexibility index (Phi) is 3.48. The van der Waals surface area contributed by atoms with Crippen molar-refractivity contribution in [2.24, 2.45) is 11.8 Å². The number of ether oxygens (including phenoxy) is 1. The maximum Gasteiger partial charge on any atom is 0.152 e. The summed E-state index contributed by atoms with van der Waals surface area (Å²) in [4.78, 5) is 11.0. The molecule has 13 heavy (non-hydrogen) atoms. The summed E-state index contributed by atoms with van der Waals surface area (Å²) < 4.78 is 5.58. The molecule has 2 atom stereocenters. The minimum Gasteiger partial charge on any atom is -0.367 e. The molecule has 1 saturated heterocycles. The molecule has 0 bridgehead atoms. The van der Waals surface area contributed by atoms with Crippen LogP contribution in [-0.2, 0) is 9.53 Å². The summed E-state index contributed by atoms with van der Waals surface area (Å²) in [6.07, 6.45) is 4.03. The molecule has 1 aliphatic heterocycles. The molecule has 2 nitrogen and oxygen atoms in total. The summed E-state index contributed by atoms with van der Waals surface area (Å²) in [7, 11) is 0. The van der Waals surface area contributed by atoms with Crippen molar-refractivity contribution < 1.29 is 9.53 Å². The van der Waals surface area contributed by atoms with Crippen molar-refractivity contribution in [2.45, 2.75) is 45.6 Å². The van der Waals surface area contributed by atoms with Crippen molar-refractivity contribution in [1.29, 1.82) is 0 Å². The van der Waals surface area contributed by atoms with Crippen LogP contribution in [0.1, 0.15) is 40.0 Å². The standard InChI is InChI=1S/C11H20O2/c1-9(2)7-10(3)11(8-12)5-4-6-13-11/h8-10H,4-7H2,1-3H3. The highest BCUT2D eigenvalue weighted by Crippen LogP contribution is 2.34. The zero-order valence-corrected chi connectivity index (χ0v) is 8.88. The van der Waals surface area contributed by atoms with E-state index in [1.54, 1.807) is 0 Å². The maximum absolute atomic E-state index is 11.0. The van der Waals surface area contributed by atoms with Crippen molar-refractivity contribution in [2.75, 3.05) is 6.61 Å². The second-order valence-electron chi connectivity index (χ2n) is 4.56. The highest BCUT2D eigenvalue weighted by molar-refractivity contribution is 5.63. The average molecular weight is 184 g/mol. The van der Waals surface area contributed by atoms with Gasteiger partial charge in [-0.05, 0) is 31.1 Å². The van der Waals surface area contributed by atoms with Gasteiger partial charge in [-0.15, -0.1) is 0 Å². The lowest BCUT2D eigenvalue weighted by atomic mass is 9.82. The Bertz CT molecular complexity index is 169. The van der Waals surface area contributed by atoms with Gasteiger partial charge in [-0.25, -0.2) is 0 Å². The van der Waals surface area contributed by atoms with Gasteiger partial charge in [-0.2, -0.15) is 0 Å². The lowest BCUT2D eigenvalue weighted by Gasteiger charge is -2.30. The van der Waals surface area contributed by atoms with Crippen LogP contribution >= 0.6 is 0 Å². The molecular weight excluding hydrogens is 164 g/mol. The molecule has 2 unspecified atom stereocenters. The molecule has 0 aromatic rings. The summed E-state index contributed by atoms with van der Waals surface area (Å²) in [5.74, 6) is 0.989. The van der Waals surface area contributed by atoms with Crippen LogP contribution in [0.5, 0.6) is 0 Å². The summed E-state index contributed by atoms with van der Waals surface area (Å²) in [5, 5.41) is 0. The number of hydrogen-bond acceptors (Lipinski definition) is 2. The number of rotatable bonds is 4. The van der Waals surface area contributed by atoms with Crippen molar-refractivity contribution in [3.63, 3.8) is 0 Å². The molecule has 0 amide bonds. The molecule has 0 N–H and O–H groups in total. The van der Waals surface area contributed by atoms with Crippen LogP contribution < -0.4 is 0 Å². The van der Waals surface area contributed by atoms with E-state index in [0.29, 0.717) is 11.8 Å². The molecule has 1 aliphatic rings. The molecule has 0 aliphatic carbocycles. The first-order valence-corrected chi connectivity index (χ1v) is 5.21. The van der Waals surface area contributed by atoms with E-state index in [-0.39, 0.29) is 0 Å². The third kappa shape index (κ3) is 2.31. The van der Waals surface area contributed by atoms with Gasteiger partial charge in [0.25, 0.3) is 0 Å². The topological polar surface area (TPSA) is 26.3 Å². The second-order valence-corrected chi connectivity index (χ2v) is 4.56. The van der Waals surface area contributed by atoms with E-state index < -0.39 is 5.60 Å². The molecule has 0 aromatic carbocycles. The van der Waals surface area contributed by atoms with Gasteiger partial charge in [0.05, 0.1) is 0 Å². The fourth-order valence-corrected chi connectivity index (χ4v) is 2.19. The minimum atomic E-state index is -0.454. The predicted octanol–water partition coefficient (Wildman–Crippen LogP) is 2.42. The van der Waals surface area contributed by atoms with E-state index in [2.05, 4.69) is 20.8 Å². The monoisotopic (exact) mass is 184 g/mol. The van der Waals surface area contributed by atoms with Crippen LogP contribution in [0.15, 0.2) is 0 Å². The van der Waals surface area contributed by atoms with Gasteiger partial charge in [0.2, 0.25) is 0 Å². The van der Waals surface area contributed by atoms with Crippen LogP contribution in [-0.4, -0.2) is 18.5 Å². The largest absolute Gasteiger partial charge is 0.367 e. The van der Waals surface area contributed by atoms with Crippen LogP contribution in [0, 0.1) is 11.8 Å². The summed E-state index contributed by atoms with van der Waals surface area (Å²) in [5.41, 5.74) is -0.454. The molecule has 76 valence electrons. The predicted molar refractivity (Wildman–Crippen MR) is 52.6 cm³/mol. The third-order valence-electron chi connectivity index (χ3n) is 2.94. The summed E-state index contributed by atoms with van der Waals surface area (Å²) >= 11 is 0. The SMILES string of the molecule is CC(C)CC(C)C1(C=O)CCCO1. The van der Waals surface area contributed by atoms with E-state index in [4.69, 9.17) is 4.74 Å². The Hall–Kier alpha value is -0.370. The Morgan fingerprint density at radius 1 is 1.46 bits per heavy atom. The quantitative estimate of drug-likeness (QED) is 0.627. The van der Waals surface area contributed by atoms with Gasteiger partial charge >= 0.3 is 0 Å². The molecule has 0 saturated carbocycles. The van der Waals surface area contributed by atoms with Gasteiger partial charge < -0.3 is 9.53 Å². The third-order valence-corrected chi connectivity index (χ3v) is 2.94. The summed E-state index contributed by atoms with van der Waals surface area (Å²) in [6, 6.07) is 0. The Labute approximate surface area is 80.7 Å². The van der Waals surface area contributed by atoms with Gasteiger partial charge in [0, 0.05) is 6.61 Å². The zero-order valence-electron chi connectivity index (χ0n) is 8.88. The normalized spacial score (nSPS) is 30.8. The van der Waals surface area contributed by atoms with E-state index in [1.165, 1.54) is 0 Å². The molecular formula is C11H20O2. The Morgan fingerprint density at radius 2 is 2.15 bits per heavy atom. The Balaban J connectivity index is 2.59. The van der Waals surface area contributed by atoms with Gasteiger partial charge in [-0.3, -0.25) is 0 Å². The first-order valence-electron chi connectivity index (χ1n) is 5.21. The maximum atomic E-state index is 11.0. The second kappa shape index (κ2) is 4.23. The zero-order chi connectivity index (χ0) is 9.90. The molecule has 1 heterocycles. The number of hydrogen-bond donors (Lipinski definition) is 0. The molecule has 0 aromatic heterocycles. The van der Waals surface area contributed by atoms with Crippen molar-refractivity contribution in [3.05, 3.63) is 0 Å². The van der Waals surface area contributed by atoms with Crippen LogP contribution in [0.2, 0.25) is 0 Å². The van der Waals surface area contributed by atoms with E-state index in [0.717, 1.165) is 32.2 Å². The lowest BCUT2D eigenvalue weighted by molar-refractivity contribution is -0.131. The molecule has 0 spiro atoms. The molecule has 1 fully saturated rings. The number of aldehydes is 1. The van der Waals surface area contributed by atoms with E-state index in [1.807, 2.05) is 0 Å². The number of carbonyl (C=O) groups is 1. The smallest absolute Gasteiger partial charge is 0.152 e. The van der Waals surface area contributed by atoms with E-state index >= 15 is 0 Å². The van der Waals surface area contributed by atoms with Gasteiger partial charge in [-0.1, -0.05) is 20.8 Å². The van der Waals surface area contributed by atoms with Gasteiger partial charge in [0.1, 0.15) is 5.60 Å². The van der Waals surface area contributed by atoms with Gasteiger partial charge in [0.15, 0.2) is 6.29 Å². The summed E-state index contributed by atoms with van der Waals surface area (Å²) in [6.45, 7) is 7.24. The molecule has 0 radical (unpaired) electrons. The number of carbonyl (C=O) groups excluding carboxylic acids is 1. The van der Waals surface area contributed by atoms with Crippen molar-refractivity contribution >= 4 is 6.29 Å². The molecule has 1 rings (SSSR count). The van der Waals surface area contributed by atoms with Crippen LogP contribution in [0.4, 0.5) is 0 Å². The first kappa shape index (κ1) is 10.7.